The van der Waals surface area contributed by atoms with Crippen molar-refractivity contribution in [2.75, 3.05) is 6.54 Å². The van der Waals surface area contributed by atoms with Crippen LogP contribution in [0.5, 0.6) is 0 Å². The zero-order valence-electron chi connectivity index (χ0n) is 11.3. The molecule has 0 unspecified atom stereocenters. The minimum absolute atomic E-state index is 0.0375. The van der Waals surface area contributed by atoms with E-state index < -0.39 is 0 Å². The van der Waals surface area contributed by atoms with Crippen LogP contribution in [-0.2, 0) is 11.3 Å². The van der Waals surface area contributed by atoms with Crippen molar-refractivity contribution in [2.24, 2.45) is 0 Å². The van der Waals surface area contributed by atoms with Crippen molar-refractivity contribution in [1.82, 2.24) is 30.8 Å². The molecule has 1 aliphatic rings. The number of benzene rings is 1. The molecule has 1 amide bonds. The van der Waals surface area contributed by atoms with Gasteiger partial charge in [0.1, 0.15) is 6.33 Å². The highest BCUT2D eigenvalue weighted by Gasteiger charge is 2.21. The van der Waals surface area contributed by atoms with E-state index in [1.54, 1.807) is 16.8 Å². The monoisotopic (exact) mass is 306 g/mol. The molecule has 0 saturated heterocycles. The van der Waals surface area contributed by atoms with Crippen LogP contribution in [-0.4, -0.2) is 38.7 Å². The molecular weight excluding hydrogens is 292 g/mol. The molecule has 110 valence electrons. The number of nitrogens with one attached hydrogen (secondary N) is 2. The number of halogens is 1. The highest BCUT2D eigenvalue weighted by Crippen LogP contribution is 2.19. The summed E-state index contributed by atoms with van der Waals surface area (Å²) in [4.78, 5) is 11.8. The third-order valence-electron chi connectivity index (χ3n) is 3.24. The Hall–Kier alpha value is -1.99. The summed E-state index contributed by atoms with van der Waals surface area (Å²) >= 11 is 6.02. The van der Waals surface area contributed by atoms with Crippen LogP contribution in [0.25, 0.3) is 5.69 Å². The maximum atomic E-state index is 11.8. The molecule has 1 fully saturated rings. The summed E-state index contributed by atoms with van der Waals surface area (Å²) in [5, 5.41) is 17.7. The van der Waals surface area contributed by atoms with E-state index in [1.807, 2.05) is 6.07 Å². The van der Waals surface area contributed by atoms with E-state index in [2.05, 4.69) is 26.2 Å². The second kappa shape index (κ2) is 6.19. The Morgan fingerprint density at radius 2 is 2.29 bits per heavy atom. The van der Waals surface area contributed by atoms with Gasteiger partial charge in [-0.1, -0.05) is 11.6 Å². The van der Waals surface area contributed by atoms with Gasteiger partial charge >= 0.3 is 0 Å². The molecule has 8 heteroatoms. The molecule has 0 bridgehead atoms. The first-order valence-corrected chi connectivity index (χ1v) is 7.12. The van der Waals surface area contributed by atoms with Crippen LogP contribution in [0.3, 0.4) is 0 Å². The van der Waals surface area contributed by atoms with Crippen LogP contribution in [0, 0.1) is 0 Å². The van der Waals surface area contributed by atoms with Crippen molar-refractivity contribution in [1.29, 1.82) is 0 Å². The average Bonchev–Trinajstić information content (AvgIpc) is 3.16. The Balaban J connectivity index is 1.66. The molecule has 3 rings (SSSR count). The standard InChI is InChI=1S/C13H15ClN6O/c14-10-1-4-12(20-8-17-18-19-20)9(5-10)6-16-13(21)7-15-11-2-3-11/h1,4-5,8,11,15H,2-3,6-7H2,(H,16,21). The first kappa shape index (κ1) is 14.0. The van der Waals surface area contributed by atoms with E-state index in [1.165, 1.54) is 6.33 Å². The molecule has 1 aliphatic carbocycles. The van der Waals surface area contributed by atoms with Crippen molar-refractivity contribution in [3.05, 3.63) is 35.1 Å². The van der Waals surface area contributed by atoms with E-state index in [0.29, 0.717) is 24.2 Å². The van der Waals surface area contributed by atoms with E-state index in [-0.39, 0.29) is 5.91 Å². The fourth-order valence-electron chi connectivity index (χ4n) is 1.97. The maximum Gasteiger partial charge on any atom is 0.234 e. The van der Waals surface area contributed by atoms with Crippen molar-refractivity contribution in [3.63, 3.8) is 0 Å². The largest absolute Gasteiger partial charge is 0.351 e. The highest BCUT2D eigenvalue weighted by molar-refractivity contribution is 6.30. The highest BCUT2D eigenvalue weighted by atomic mass is 35.5. The number of rotatable bonds is 6. The molecule has 7 nitrogen and oxygen atoms in total. The molecule has 2 aromatic rings. The van der Waals surface area contributed by atoms with Gasteiger partial charge in [0.15, 0.2) is 0 Å². The SMILES string of the molecule is O=C(CNC1CC1)NCc1cc(Cl)ccc1-n1cnnn1. The van der Waals surface area contributed by atoms with Gasteiger partial charge < -0.3 is 10.6 Å². The number of carbonyl (C=O) groups is 1. The Labute approximate surface area is 126 Å². The summed E-state index contributed by atoms with van der Waals surface area (Å²) in [5.74, 6) is -0.0375. The molecule has 1 aromatic carbocycles. The van der Waals surface area contributed by atoms with Crippen LogP contribution < -0.4 is 10.6 Å². The van der Waals surface area contributed by atoms with E-state index >= 15 is 0 Å². The van der Waals surface area contributed by atoms with Gasteiger partial charge in [0.25, 0.3) is 0 Å². The molecule has 0 aliphatic heterocycles. The van der Waals surface area contributed by atoms with Gasteiger partial charge in [-0.2, -0.15) is 0 Å². The molecule has 1 heterocycles. The second-order valence-electron chi connectivity index (χ2n) is 4.96. The lowest BCUT2D eigenvalue weighted by Gasteiger charge is -2.11. The van der Waals surface area contributed by atoms with Crippen LogP contribution >= 0.6 is 11.6 Å². The molecule has 1 aromatic heterocycles. The van der Waals surface area contributed by atoms with E-state index in [9.17, 15) is 4.79 Å². The lowest BCUT2D eigenvalue weighted by molar-refractivity contribution is -0.120. The molecule has 0 atom stereocenters. The fraction of sp³-hybridized carbons (Fsp3) is 0.385. The quantitative estimate of drug-likeness (QED) is 0.820. The van der Waals surface area contributed by atoms with Crippen LogP contribution in [0.2, 0.25) is 5.02 Å². The Morgan fingerprint density at radius 3 is 3.00 bits per heavy atom. The lowest BCUT2D eigenvalue weighted by atomic mass is 10.1. The van der Waals surface area contributed by atoms with Gasteiger partial charge in [-0.15, -0.1) is 5.10 Å². The third-order valence-corrected chi connectivity index (χ3v) is 3.48. The van der Waals surface area contributed by atoms with E-state index in [0.717, 1.165) is 24.1 Å². The first-order valence-electron chi connectivity index (χ1n) is 6.74. The topological polar surface area (TPSA) is 84.7 Å². The summed E-state index contributed by atoms with van der Waals surface area (Å²) in [6.07, 6.45) is 3.82. The van der Waals surface area contributed by atoms with Gasteiger partial charge in [0, 0.05) is 17.6 Å². The average molecular weight is 307 g/mol. The molecule has 0 radical (unpaired) electrons. The zero-order valence-corrected chi connectivity index (χ0v) is 12.0. The molecule has 0 spiro atoms. The number of aromatic nitrogens is 4. The Morgan fingerprint density at radius 1 is 1.43 bits per heavy atom. The summed E-state index contributed by atoms with van der Waals surface area (Å²) in [6, 6.07) is 5.90. The summed E-state index contributed by atoms with van der Waals surface area (Å²) in [5.41, 5.74) is 1.65. The minimum Gasteiger partial charge on any atom is -0.351 e. The zero-order chi connectivity index (χ0) is 14.7. The Bertz CT molecular complexity index is 626. The van der Waals surface area contributed by atoms with Gasteiger partial charge in [0.05, 0.1) is 12.2 Å². The van der Waals surface area contributed by atoms with Crippen LogP contribution in [0.15, 0.2) is 24.5 Å². The predicted molar refractivity (Wildman–Crippen MR) is 77.0 cm³/mol. The summed E-state index contributed by atoms with van der Waals surface area (Å²) in [7, 11) is 0. The maximum absolute atomic E-state index is 11.8. The van der Waals surface area contributed by atoms with Crippen LogP contribution in [0.4, 0.5) is 0 Å². The van der Waals surface area contributed by atoms with Crippen molar-refractivity contribution >= 4 is 17.5 Å². The lowest BCUT2D eigenvalue weighted by Crippen LogP contribution is -2.34. The molecular formula is C13H15ClN6O. The number of hydrogen-bond donors (Lipinski definition) is 2. The number of hydrogen-bond acceptors (Lipinski definition) is 5. The van der Waals surface area contributed by atoms with Crippen molar-refractivity contribution in [3.8, 4) is 5.69 Å². The number of nitrogens with zero attached hydrogens (tertiary/aromatic N) is 4. The van der Waals surface area contributed by atoms with Gasteiger partial charge in [-0.25, -0.2) is 4.68 Å². The van der Waals surface area contributed by atoms with Gasteiger partial charge in [0.2, 0.25) is 5.91 Å². The molecule has 1 saturated carbocycles. The van der Waals surface area contributed by atoms with Crippen molar-refractivity contribution in [2.45, 2.75) is 25.4 Å². The smallest absolute Gasteiger partial charge is 0.234 e. The minimum atomic E-state index is -0.0375. The van der Waals surface area contributed by atoms with Gasteiger partial charge in [-0.3, -0.25) is 4.79 Å². The first-order chi connectivity index (χ1) is 10.2. The third kappa shape index (κ3) is 3.77. The van der Waals surface area contributed by atoms with E-state index in [4.69, 9.17) is 11.6 Å². The Kier molecular flexibility index (Phi) is 4.12. The predicted octanol–water partition coefficient (Wildman–Crippen LogP) is 0.684. The molecule has 2 N–H and O–H groups in total. The second-order valence-corrected chi connectivity index (χ2v) is 5.40. The fourth-order valence-corrected chi connectivity index (χ4v) is 2.17. The summed E-state index contributed by atoms with van der Waals surface area (Å²) < 4.78 is 1.54. The number of amides is 1. The number of tetrazole rings is 1. The van der Waals surface area contributed by atoms with Crippen molar-refractivity contribution < 1.29 is 4.79 Å². The molecule has 21 heavy (non-hydrogen) atoms. The van der Waals surface area contributed by atoms with Gasteiger partial charge in [-0.05, 0) is 47.0 Å². The van der Waals surface area contributed by atoms with Crippen LogP contribution in [0.1, 0.15) is 18.4 Å². The normalized spacial score (nSPS) is 14.1. The summed E-state index contributed by atoms with van der Waals surface area (Å²) in [6.45, 7) is 0.715. The number of carbonyl (C=O) groups excluding carboxylic acids is 1.